The summed E-state index contributed by atoms with van der Waals surface area (Å²) >= 11 is 2.94. The van der Waals surface area contributed by atoms with Crippen molar-refractivity contribution in [3.8, 4) is 0 Å². The second-order valence-electron chi connectivity index (χ2n) is 3.22. The number of allylic oxidation sites excluding steroid dienone is 1. The van der Waals surface area contributed by atoms with Crippen molar-refractivity contribution in [2.75, 3.05) is 0 Å². The lowest BCUT2D eigenvalue weighted by Gasteiger charge is -2.02. The van der Waals surface area contributed by atoms with E-state index in [2.05, 4.69) is 22.7 Å². The van der Waals surface area contributed by atoms with Crippen LogP contribution >= 0.6 is 16.1 Å². The number of hydrogen-bond donors (Lipinski definition) is 0. The van der Waals surface area contributed by atoms with Gasteiger partial charge in [0.2, 0.25) is 0 Å². The number of fused-ring (bicyclic) bond motifs is 1. The summed E-state index contributed by atoms with van der Waals surface area (Å²) in [7, 11) is 0. The van der Waals surface area contributed by atoms with Gasteiger partial charge in [0, 0.05) is 0 Å². The van der Waals surface area contributed by atoms with Crippen molar-refractivity contribution in [3.05, 3.63) is 47.5 Å². The van der Waals surface area contributed by atoms with Crippen molar-refractivity contribution in [1.82, 2.24) is 3.93 Å². The van der Waals surface area contributed by atoms with Gasteiger partial charge in [0.15, 0.2) is 0 Å². The van der Waals surface area contributed by atoms with Crippen LogP contribution in [0.2, 0.25) is 0 Å². The molecule has 0 bridgehead atoms. The fourth-order valence-corrected chi connectivity index (χ4v) is 2.02. The Bertz CT molecular complexity index is 468. The third-order valence-corrected chi connectivity index (χ3v) is 2.96. The summed E-state index contributed by atoms with van der Waals surface area (Å²) < 4.78 is 0.963. The van der Waals surface area contributed by atoms with Gasteiger partial charge in [-0.2, -0.15) is 0 Å². The highest BCUT2D eigenvalue weighted by atomic mass is 79.9. The van der Waals surface area contributed by atoms with Crippen LogP contribution in [-0.2, 0) is 6.42 Å². The van der Waals surface area contributed by atoms with Gasteiger partial charge in [-0.05, 0) is 18.1 Å². The smallest absolute Gasteiger partial charge is 0.268 e. The molecule has 2 rings (SSSR count). The van der Waals surface area contributed by atoms with Gasteiger partial charge in [-0.15, -0.1) is 6.58 Å². The zero-order chi connectivity index (χ0) is 11.0. The number of hydrogen-bond acceptors (Lipinski definition) is 2. The lowest BCUT2D eigenvalue weighted by Crippen LogP contribution is -2.17. The van der Waals surface area contributed by atoms with E-state index in [9.17, 15) is 9.59 Å². The maximum absolute atomic E-state index is 11.7. The normalized spacial score (nSPS) is 14.3. The highest BCUT2D eigenvalue weighted by Gasteiger charge is 2.35. The maximum atomic E-state index is 11.7. The predicted molar refractivity (Wildman–Crippen MR) is 59.8 cm³/mol. The van der Waals surface area contributed by atoms with Crippen LogP contribution in [0.5, 0.6) is 0 Å². The highest BCUT2D eigenvalue weighted by molar-refractivity contribution is 9.08. The fraction of sp³-hybridized carbons (Fsp3) is 0.0909. The molecule has 1 aliphatic heterocycles. The zero-order valence-corrected chi connectivity index (χ0v) is 9.45. The average molecular weight is 266 g/mol. The van der Waals surface area contributed by atoms with Crippen LogP contribution in [0.3, 0.4) is 0 Å². The van der Waals surface area contributed by atoms with Crippen molar-refractivity contribution in [2.24, 2.45) is 0 Å². The Morgan fingerprint density at radius 2 is 2.07 bits per heavy atom. The monoisotopic (exact) mass is 265 g/mol. The van der Waals surface area contributed by atoms with Crippen LogP contribution < -0.4 is 0 Å². The molecule has 76 valence electrons. The average Bonchev–Trinajstić information content (AvgIpc) is 2.46. The topological polar surface area (TPSA) is 37.4 Å². The molecule has 0 N–H and O–H groups in total. The zero-order valence-electron chi connectivity index (χ0n) is 7.87. The lowest BCUT2D eigenvalue weighted by molar-refractivity contribution is 0.0785. The standard InChI is InChI=1S/C11H8BrNO2/c1-2-4-7-5-3-6-8-9(7)11(15)13(12)10(8)14/h2-3,5-6H,1,4H2. The molecule has 1 aromatic rings. The minimum atomic E-state index is -0.305. The largest absolute Gasteiger partial charge is 0.272 e. The summed E-state index contributed by atoms with van der Waals surface area (Å²) in [5.74, 6) is -0.603. The first-order valence-corrected chi connectivity index (χ1v) is 5.15. The summed E-state index contributed by atoms with van der Waals surface area (Å²) in [6, 6.07) is 5.26. The van der Waals surface area contributed by atoms with Gasteiger partial charge < -0.3 is 0 Å². The molecule has 0 saturated carbocycles. The van der Waals surface area contributed by atoms with Crippen molar-refractivity contribution >= 4 is 28.0 Å². The van der Waals surface area contributed by atoms with Crippen molar-refractivity contribution in [3.63, 3.8) is 0 Å². The van der Waals surface area contributed by atoms with Gasteiger partial charge in [0.05, 0.1) is 27.3 Å². The molecule has 0 saturated heterocycles. The number of rotatable bonds is 2. The number of nitrogens with zero attached hydrogens (tertiary/aromatic N) is 1. The van der Waals surface area contributed by atoms with Gasteiger partial charge in [-0.1, -0.05) is 18.2 Å². The number of carbonyl (C=O) groups excluding carboxylic acids is 2. The molecule has 1 aromatic carbocycles. The van der Waals surface area contributed by atoms with Crippen LogP contribution in [0, 0.1) is 0 Å². The van der Waals surface area contributed by atoms with E-state index < -0.39 is 0 Å². The number of halogens is 1. The molecule has 2 amide bonds. The summed E-state index contributed by atoms with van der Waals surface area (Å²) in [6.07, 6.45) is 2.30. The van der Waals surface area contributed by atoms with E-state index in [4.69, 9.17) is 0 Å². The van der Waals surface area contributed by atoms with Crippen LogP contribution in [0.4, 0.5) is 0 Å². The van der Waals surface area contributed by atoms with Gasteiger partial charge in [0.1, 0.15) is 0 Å². The predicted octanol–water partition coefficient (Wildman–Crippen LogP) is 2.32. The number of imide groups is 1. The van der Waals surface area contributed by atoms with E-state index in [-0.39, 0.29) is 11.8 Å². The molecule has 0 atom stereocenters. The molecule has 0 aliphatic carbocycles. The third-order valence-electron chi connectivity index (χ3n) is 2.32. The second-order valence-corrected chi connectivity index (χ2v) is 3.93. The SMILES string of the molecule is C=CCc1cccc2c1C(=O)N(Br)C2=O. The quantitative estimate of drug-likeness (QED) is 0.468. The van der Waals surface area contributed by atoms with Gasteiger partial charge in [-0.3, -0.25) is 9.59 Å². The van der Waals surface area contributed by atoms with Gasteiger partial charge in [0.25, 0.3) is 11.8 Å². The van der Waals surface area contributed by atoms with E-state index in [0.717, 1.165) is 9.49 Å². The van der Waals surface area contributed by atoms with E-state index >= 15 is 0 Å². The molecule has 1 aliphatic rings. The summed E-state index contributed by atoms with van der Waals surface area (Å²) in [4.78, 5) is 23.3. The number of amides is 2. The second kappa shape index (κ2) is 3.62. The molecule has 0 spiro atoms. The van der Waals surface area contributed by atoms with E-state index in [1.165, 1.54) is 0 Å². The molecule has 0 radical (unpaired) electrons. The van der Waals surface area contributed by atoms with E-state index in [0.29, 0.717) is 17.5 Å². The Morgan fingerprint density at radius 1 is 1.33 bits per heavy atom. The molecular formula is C11H8BrNO2. The van der Waals surface area contributed by atoms with Crippen LogP contribution in [0.1, 0.15) is 26.3 Å². The van der Waals surface area contributed by atoms with Crippen LogP contribution in [0.15, 0.2) is 30.9 Å². The number of carbonyl (C=O) groups is 2. The minimum absolute atomic E-state index is 0.299. The first-order chi connectivity index (χ1) is 7.16. The van der Waals surface area contributed by atoms with Gasteiger partial charge >= 0.3 is 0 Å². The third kappa shape index (κ3) is 1.41. The Morgan fingerprint density at radius 3 is 2.73 bits per heavy atom. The lowest BCUT2D eigenvalue weighted by atomic mass is 10.0. The molecule has 0 unspecified atom stereocenters. The van der Waals surface area contributed by atoms with Crippen molar-refractivity contribution in [1.29, 1.82) is 0 Å². The Kier molecular flexibility index (Phi) is 2.44. The Hall–Kier alpha value is -1.42. The molecule has 15 heavy (non-hydrogen) atoms. The van der Waals surface area contributed by atoms with Crippen LogP contribution in [0.25, 0.3) is 0 Å². The molecule has 1 heterocycles. The first-order valence-electron chi connectivity index (χ1n) is 4.44. The Balaban J connectivity index is 2.63. The summed E-state index contributed by atoms with van der Waals surface area (Å²) in [5, 5.41) is 0. The fourth-order valence-electron chi connectivity index (χ4n) is 1.65. The summed E-state index contributed by atoms with van der Waals surface area (Å²) in [5.41, 5.74) is 1.78. The molecule has 0 fully saturated rings. The number of benzene rings is 1. The highest BCUT2D eigenvalue weighted by Crippen LogP contribution is 2.28. The summed E-state index contributed by atoms with van der Waals surface area (Å²) in [6.45, 7) is 3.62. The van der Waals surface area contributed by atoms with E-state index in [1.807, 2.05) is 6.07 Å². The van der Waals surface area contributed by atoms with Gasteiger partial charge in [-0.25, -0.2) is 3.93 Å². The Labute approximate surface area is 95.7 Å². The maximum Gasteiger partial charge on any atom is 0.272 e. The van der Waals surface area contributed by atoms with Crippen molar-refractivity contribution < 1.29 is 9.59 Å². The minimum Gasteiger partial charge on any atom is -0.268 e. The van der Waals surface area contributed by atoms with Crippen LogP contribution in [-0.4, -0.2) is 15.7 Å². The van der Waals surface area contributed by atoms with Crippen molar-refractivity contribution in [2.45, 2.75) is 6.42 Å². The van der Waals surface area contributed by atoms with E-state index in [1.54, 1.807) is 18.2 Å². The molecule has 4 heteroatoms. The molecular weight excluding hydrogens is 258 g/mol. The first kappa shape index (κ1) is 10.1. The molecule has 3 nitrogen and oxygen atoms in total. The molecule has 0 aromatic heterocycles.